The van der Waals surface area contributed by atoms with Gasteiger partial charge in [-0.1, -0.05) is 41.9 Å². The van der Waals surface area contributed by atoms with Crippen molar-refractivity contribution in [3.8, 4) is 11.5 Å². The third-order valence-electron chi connectivity index (χ3n) is 5.92. The number of nitrogens with one attached hydrogen (secondary N) is 2. The Balaban J connectivity index is 1.69. The summed E-state index contributed by atoms with van der Waals surface area (Å²) < 4.78 is 13.0. The van der Waals surface area contributed by atoms with Crippen molar-refractivity contribution < 1.29 is 14.3 Å². The topological polar surface area (TPSA) is 77.4 Å². The quantitative estimate of drug-likeness (QED) is 0.391. The number of fused-ring (bicyclic) bond motifs is 3. The minimum absolute atomic E-state index is 0.263. The van der Waals surface area contributed by atoms with Gasteiger partial charge >= 0.3 is 0 Å². The fourth-order valence-electron chi connectivity index (χ4n) is 4.35. The lowest BCUT2D eigenvalue weighted by molar-refractivity contribution is -0.113. The number of carbonyl (C=O) groups excluding carboxylic acids is 1. The van der Waals surface area contributed by atoms with Crippen molar-refractivity contribution in [1.82, 2.24) is 9.55 Å². The minimum Gasteiger partial charge on any atom is -0.493 e. The molecule has 1 atom stereocenters. The van der Waals surface area contributed by atoms with Crippen LogP contribution in [0.2, 0.25) is 5.02 Å². The summed E-state index contributed by atoms with van der Waals surface area (Å²) in [5, 5.41) is 6.75. The van der Waals surface area contributed by atoms with Crippen molar-refractivity contribution in [3.05, 3.63) is 88.6 Å². The first-order valence-electron chi connectivity index (χ1n) is 10.7. The van der Waals surface area contributed by atoms with Gasteiger partial charge in [0, 0.05) is 5.70 Å². The molecule has 2 heterocycles. The molecule has 5 rings (SSSR count). The highest BCUT2D eigenvalue weighted by Crippen LogP contribution is 2.42. The summed E-state index contributed by atoms with van der Waals surface area (Å²) in [6.07, 6.45) is 0. The Hall–Kier alpha value is -3.97. The van der Waals surface area contributed by atoms with E-state index in [1.165, 1.54) is 0 Å². The smallest absolute Gasteiger partial charge is 0.255 e. The molecule has 0 spiro atoms. The fourth-order valence-corrected chi connectivity index (χ4v) is 4.53. The van der Waals surface area contributed by atoms with Gasteiger partial charge in [0.1, 0.15) is 0 Å². The zero-order chi connectivity index (χ0) is 23.8. The van der Waals surface area contributed by atoms with E-state index in [0.29, 0.717) is 39.4 Å². The molecule has 4 aromatic rings. The molecular weight excluding hydrogens is 452 g/mol. The Morgan fingerprint density at radius 3 is 2.53 bits per heavy atom. The molecule has 0 saturated carbocycles. The highest BCUT2D eigenvalue weighted by molar-refractivity contribution is 6.33. The number of allylic oxidation sites excluding steroid dienone is 1. The van der Waals surface area contributed by atoms with Crippen LogP contribution in [0.3, 0.4) is 0 Å². The van der Waals surface area contributed by atoms with Crippen LogP contribution >= 0.6 is 11.6 Å². The molecule has 0 fully saturated rings. The van der Waals surface area contributed by atoms with E-state index >= 15 is 0 Å². The maximum atomic E-state index is 13.7. The monoisotopic (exact) mass is 474 g/mol. The molecule has 0 radical (unpaired) electrons. The van der Waals surface area contributed by atoms with Gasteiger partial charge in [0.25, 0.3) is 5.91 Å². The number of benzene rings is 3. The third-order valence-corrected chi connectivity index (χ3v) is 6.25. The summed E-state index contributed by atoms with van der Waals surface area (Å²) in [5.41, 5.74) is 4.38. The summed E-state index contributed by atoms with van der Waals surface area (Å²) in [4.78, 5) is 18.5. The SMILES string of the molecule is COc1ccc([C@H]2C(C(=O)Nc3ccccc3Cl)=C(C)Nc3nc4ccccc4n32)cc1OC. The third kappa shape index (κ3) is 3.64. The van der Waals surface area contributed by atoms with Crippen molar-refractivity contribution in [2.45, 2.75) is 13.0 Å². The van der Waals surface area contributed by atoms with Crippen molar-refractivity contribution in [2.75, 3.05) is 24.9 Å². The summed E-state index contributed by atoms with van der Waals surface area (Å²) in [6, 6.07) is 20.2. The molecule has 1 aromatic heterocycles. The largest absolute Gasteiger partial charge is 0.493 e. The number of hydrogen-bond acceptors (Lipinski definition) is 5. The van der Waals surface area contributed by atoms with Gasteiger partial charge in [0.2, 0.25) is 5.95 Å². The molecule has 0 saturated heterocycles. The predicted molar refractivity (Wildman–Crippen MR) is 134 cm³/mol. The average molecular weight is 475 g/mol. The molecule has 0 unspecified atom stereocenters. The second kappa shape index (κ2) is 8.76. The van der Waals surface area contributed by atoms with Crippen LogP contribution in [0.25, 0.3) is 11.0 Å². The average Bonchev–Trinajstić information content (AvgIpc) is 3.21. The number of para-hydroxylation sites is 3. The van der Waals surface area contributed by atoms with Gasteiger partial charge in [0.15, 0.2) is 11.5 Å². The Kier molecular flexibility index (Phi) is 5.63. The highest BCUT2D eigenvalue weighted by Gasteiger charge is 2.34. The van der Waals surface area contributed by atoms with E-state index in [-0.39, 0.29) is 5.91 Å². The van der Waals surface area contributed by atoms with Crippen LogP contribution in [0, 0.1) is 0 Å². The fraction of sp³-hybridized carbons (Fsp3) is 0.154. The van der Waals surface area contributed by atoms with E-state index in [1.54, 1.807) is 26.4 Å². The normalized spacial score (nSPS) is 15.0. The number of halogens is 1. The Morgan fingerprint density at radius 2 is 1.76 bits per heavy atom. The number of rotatable bonds is 5. The molecule has 2 N–H and O–H groups in total. The van der Waals surface area contributed by atoms with Gasteiger partial charge in [0.05, 0.1) is 47.6 Å². The zero-order valence-electron chi connectivity index (χ0n) is 18.9. The number of anilines is 2. The van der Waals surface area contributed by atoms with Crippen LogP contribution in [0.5, 0.6) is 11.5 Å². The first-order chi connectivity index (χ1) is 16.5. The summed E-state index contributed by atoms with van der Waals surface area (Å²) in [5.74, 6) is 1.58. The van der Waals surface area contributed by atoms with Gasteiger partial charge < -0.3 is 20.1 Å². The van der Waals surface area contributed by atoms with Crippen LogP contribution in [0.15, 0.2) is 78.0 Å². The molecule has 1 aliphatic heterocycles. The molecule has 8 heteroatoms. The second-order valence-corrected chi connectivity index (χ2v) is 8.32. The van der Waals surface area contributed by atoms with Crippen molar-refractivity contribution in [1.29, 1.82) is 0 Å². The molecule has 172 valence electrons. The van der Waals surface area contributed by atoms with E-state index < -0.39 is 6.04 Å². The van der Waals surface area contributed by atoms with Crippen LogP contribution in [-0.4, -0.2) is 29.7 Å². The van der Waals surface area contributed by atoms with Crippen LogP contribution in [0.4, 0.5) is 11.6 Å². The lowest BCUT2D eigenvalue weighted by Gasteiger charge is -2.31. The van der Waals surface area contributed by atoms with Crippen molar-refractivity contribution in [3.63, 3.8) is 0 Å². The second-order valence-electron chi connectivity index (χ2n) is 7.91. The van der Waals surface area contributed by atoms with Gasteiger partial charge in [-0.05, 0) is 48.9 Å². The number of nitrogens with zero attached hydrogens (tertiary/aromatic N) is 2. The maximum Gasteiger partial charge on any atom is 0.255 e. The molecule has 3 aromatic carbocycles. The van der Waals surface area contributed by atoms with E-state index in [1.807, 2.05) is 66.1 Å². The number of aromatic nitrogens is 2. The number of hydrogen-bond donors (Lipinski definition) is 2. The standard InChI is InChI=1S/C26H23ClN4O3/c1-15-23(25(32)29-18-9-5-4-8-17(18)27)24(16-12-13-21(33-2)22(14-16)34-3)31-20-11-7-6-10-19(20)30-26(31)28-15/h4-14,24H,1-3H3,(H,28,30)(H,29,32)/t24-/m0/s1. The molecular formula is C26H23ClN4O3. The van der Waals surface area contributed by atoms with Crippen molar-refractivity contribution in [2.24, 2.45) is 0 Å². The van der Waals surface area contributed by atoms with E-state index in [0.717, 1.165) is 16.6 Å². The zero-order valence-corrected chi connectivity index (χ0v) is 19.7. The minimum atomic E-state index is -0.467. The lowest BCUT2D eigenvalue weighted by atomic mass is 9.94. The number of methoxy groups -OCH3 is 2. The van der Waals surface area contributed by atoms with Crippen LogP contribution in [-0.2, 0) is 4.79 Å². The van der Waals surface area contributed by atoms with Gasteiger partial charge in [-0.2, -0.15) is 0 Å². The molecule has 0 aliphatic carbocycles. The number of imidazole rings is 1. The van der Waals surface area contributed by atoms with Crippen LogP contribution in [0.1, 0.15) is 18.5 Å². The summed E-state index contributed by atoms with van der Waals surface area (Å²) in [7, 11) is 3.18. The molecule has 1 aliphatic rings. The van der Waals surface area contributed by atoms with Crippen LogP contribution < -0.4 is 20.1 Å². The Bertz CT molecular complexity index is 1440. The number of carbonyl (C=O) groups is 1. The van der Waals surface area contributed by atoms with E-state index in [4.69, 9.17) is 26.1 Å². The highest BCUT2D eigenvalue weighted by atomic mass is 35.5. The first kappa shape index (κ1) is 21.9. The summed E-state index contributed by atoms with van der Waals surface area (Å²) >= 11 is 6.32. The van der Waals surface area contributed by atoms with E-state index in [2.05, 4.69) is 10.6 Å². The molecule has 1 amide bonds. The van der Waals surface area contributed by atoms with Crippen molar-refractivity contribution >= 4 is 40.2 Å². The predicted octanol–water partition coefficient (Wildman–Crippen LogP) is 5.63. The number of amides is 1. The maximum absolute atomic E-state index is 13.7. The summed E-state index contributed by atoms with van der Waals surface area (Å²) in [6.45, 7) is 1.87. The van der Waals surface area contributed by atoms with Gasteiger partial charge in [-0.25, -0.2) is 4.98 Å². The Labute approximate surface area is 202 Å². The molecule has 34 heavy (non-hydrogen) atoms. The van der Waals surface area contributed by atoms with Gasteiger partial charge in [-0.15, -0.1) is 0 Å². The first-order valence-corrected chi connectivity index (χ1v) is 11.1. The molecule has 7 nitrogen and oxygen atoms in total. The number of ether oxygens (including phenoxy) is 2. The lowest BCUT2D eigenvalue weighted by Crippen LogP contribution is -2.31. The van der Waals surface area contributed by atoms with E-state index in [9.17, 15) is 4.79 Å². The Morgan fingerprint density at radius 1 is 1.03 bits per heavy atom. The van der Waals surface area contributed by atoms with Gasteiger partial charge in [-0.3, -0.25) is 9.36 Å². The molecule has 0 bridgehead atoms.